The molecule has 2 amide bonds. The van der Waals surface area contributed by atoms with E-state index in [0.29, 0.717) is 18.2 Å². The van der Waals surface area contributed by atoms with Gasteiger partial charge in [-0.2, -0.15) is 0 Å². The molecule has 21 heavy (non-hydrogen) atoms. The molecule has 0 fully saturated rings. The van der Waals surface area contributed by atoms with Gasteiger partial charge in [-0.3, -0.25) is 0 Å². The number of halogens is 1. The number of rotatable bonds is 9. The summed E-state index contributed by atoms with van der Waals surface area (Å²) in [6.45, 7) is 4.21. The van der Waals surface area contributed by atoms with Crippen LogP contribution < -0.4 is 10.6 Å². The maximum atomic E-state index is 11.5. The molecule has 0 atom stereocenters. The minimum absolute atomic E-state index is 0.221. The van der Waals surface area contributed by atoms with E-state index >= 15 is 0 Å². The lowest BCUT2D eigenvalue weighted by Gasteiger charge is -2.05. The van der Waals surface area contributed by atoms with E-state index < -0.39 is 0 Å². The number of urea groups is 1. The fraction of sp³-hybridized carbons (Fsp3) is 0.438. The first-order chi connectivity index (χ1) is 10.2. The molecule has 0 aliphatic rings. The van der Waals surface area contributed by atoms with E-state index in [-0.39, 0.29) is 6.03 Å². The molecular weight excluding hydrogens is 288 g/mol. The van der Waals surface area contributed by atoms with Crippen LogP contribution in [0.2, 0.25) is 5.02 Å². The van der Waals surface area contributed by atoms with Crippen molar-refractivity contribution in [1.82, 2.24) is 10.6 Å². The highest BCUT2D eigenvalue weighted by molar-refractivity contribution is 6.30. The molecular formula is C16H23ClN2O2. The highest BCUT2D eigenvalue weighted by atomic mass is 35.5. The topological polar surface area (TPSA) is 50.4 Å². The zero-order chi connectivity index (χ0) is 15.3. The molecule has 0 heterocycles. The van der Waals surface area contributed by atoms with Crippen molar-refractivity contribution in [2.75, 3.05) is 19.8 Å². The van der Waals surface area contributed by atoms with Crippen molar-refractivity contribution in [3.63, 3.8) is 0 Å². The molecule has 0 saturated carbocycles. The lowest BCUT2D eigenvalue weighted by molar-refractivity contribution is 0.129. The Morgan fingerprint density at radius 2 is 2.14 bits per heavy atom. The van der Waals surface area contributed by atoms with Crippen molar-refractivity contribution < 1.29 is 9.53 Å². The molecule has 0 aliphatic heterocycles. The normalized spacial score (nSPS) is 10.8. The summed E-state index contributed by atoms with van der Waals surface area (Å²) < 4.78 is 5.41. The predicted molar refractivity (Wildman–Crippen MR) is 87.4 cm³/mol. The van der Waals surface area contributed by atoms with Crippen LogP contribution in [0.3, 0.4) is 0 Å². The number of carbonyl (C=O) groups excluding carboxylic acids is 1. The molecule has 116 valence electrons. The van der Waals surface area contributed by atoms with Gasteiger partial charge in [0.25, 0.3) is 0 Å². The van der Waals surface area contributed by atoms with Crippen LogP contribution in [0.25, 0.3) is 6.08 Å². The quantitative estimate of drug-likeness (QED) is 0.681. The second-order valence-corrected chi connectivity index (χ2v) is 5.04. The Labute approximate surface area is 131 Å². The molecule has 2 N–H and O–H groups in total. The molecule has 0 aliphatic carbocycles. The van der Waals surface area contributed by atoms with Crippen LogP contribution >= 0.6 is 11.6 Å². The van der Waals surface area contributed by atoms with Crippen LogP contribution in [-0.2, 0) is 4.74 Å². The molecule has 1 rings (SSSR count). The SMILES string of the molecule is CCCCOCCCNC(=O)N/C=C/c1cccc(Cl)c1. The van der Waals surface area contributed by atoms with Gasteiger partial charge in [-0.15, -0.1) is 0 Å². The summed E-state index contributed by atoms with van der Waals surface area (Å²) in [5, 5.41) is 6.08. The molecule has 0 radical (unpaired) electrons. The summed E-state index contributed by atoms with van der Waals surface area (Å²) in [7, 11) is 0. The first kappa shape index (κ1) is 17.5. The van der Waals surface area contributed by atoms with Crippen molar-refractivity contribution in [3.8, 4) is 0 Å². The fourth-order valence-corrected chi connectivity index (χ4v) is 1.80. The highest BCUT2D eigenvalue weighted by Crippen LogP contribution is 2.11. The lowest BCUT2D eigenvalue weighted by atomic mass is 10.2. The van der Waals surface area contributed by atoms with E-state index in [2.05, 4.69) is 17.6 Å². The maximum Gasteiger partial charge on any atom is 0.318 e. The summed E-state index contributed by atoms with van der Waals surface area (Å²) in [5.74, 6) is 0. The minimum Gasteiger partial charge on any atom is -0.381 e. The molecule has 4 nitrogen and oxygen atoms in total. The Balaban J connectivity index is 2.08. The molecule has 0 bridgehead atoms. The Morgan fingerprint density at radius 3 is 2.90 bits per heavy atom. The van der Waals surface area contributed by atoms with Crippen LogP contribution in [0.15, 0.2) is 30.5 Å². The number of nitrogens with one attached hydrogen (secondary N) is 2. The number of ether oxygens (including phenoxy) is 1. The monoisotopic (exact) mass is 310 g/mol. The number of amides is 2. The van der Waals surface area contributed by atoms with Crippen LogP contribution in [0.5, 0.6) is 0 Å². The lowest BCUT2D eigenvalue weighted by Crippen LogP contribution is -2.33. The van der Waals surface area contributed by atoms with Crippen molar-refractivity contribution >= 4 is 23.7 Å². The largest absolute Gasteiger partial charge is 0.381 e. The summed E-state index contributed by atoms with van der Waals surface area (Å²) in [6.07, 6.45) is 6.43. The zero-order valence-electron chi connectivity index (χ0n) is 12.4. The first-order valence-electron chi connectivity index (χ1n) is 7.26. The minimum atomic E-state index is -0.221. The van der Waals surface area contributed by atoms with Gasteiger partial charge in [-0.25, -0.2) is 4.79 Å². The van der Waals surface area contributed by atoms with Crippen molar-refractivity contribution in [3.05, 3.63) is 41.1 Å². The predicted octanol–water partition coefficient (Wildman–Crippen LogP) is 3.82. The van der Waals surface area contributed by atoms with Crippen LogP contribution in [-0.4, -0.2) is 25.8 Å². The number of hydrogen-bond donors (Lipinski definition) is 2. The molecule has 5 heteroatoms. The van der Waals surface area contributed by atoms with Gasteiger partial charge in [0.15, 0.2) is 0 Å². The number of carbonyl (C=O) groups is 1. The van der Waals surface area contributed by atoms with Gasteiger partial charge < -0.3 is 15.4 Å². The summed E-state index contributed by atoms with van der Waals surface area (Å²) in [5.41, 5.74) is 0.937. The van der Waals surface area contributed by atoms with Gasteiger partial charge in [0.1, 0.15) is 0 Å². The van der Waals surface area contributed by atoms with Gasteiger partial charge in [0.2, 0.25) is 0 Å². The molecule has 0 saturated heterocycles. The molecule has 0 spiro atoms. The smallest absolute Gasteiger partial charge is 0.318 e. The van der Waals surface area contributed by atoms with E-state index in [1.165, 1.54) is 0 Å². The Morgan fingerprint density at radius 1 is 1.33 bits per heavy atom. The summed E-state index contributed by atoms with van der Waals surface area (Å²) in [4.78, 5) is 11.5. The average molecular weight is 311 g/mol. The summed E-state index contributed by atoms with van der Waals surface area (Å²) in [6, 6.07) is 7.19. The third-order valence-electron chi connectivity index (χ3n) is 2.73. The Kier molecular flexibility index (Phi) is 9.33. The molecule has 1 aromatic rings. The highest BCUT2D eigenvalue weighted by Gasteiger charge is 1.96. The van der Waals surface area contributed by atoms with Gasteiger partial charge in [0.05, 0.1) is 0 Å². The second kappa shape index (κ2) is 11.2. The van der Waals surface area contributed by atoms with Crippen LogP contribution in [0.4, 0.5) is 4.79 Å². The van der Waals surface area contributed by atoms with E-state index in [0.717, 1.165) is 31.4 Å². The van der Waals surface area contributed by atoms with Crippen molar-refractivity contribution in [2.45, 2.75) is 26.2 Å². The van der Waals surface area contributed by atoms with Gasteiger partial charge in [-0.05, 0) is 36.6 Å². The zero-order valence-corrected chi connectivity index (χ0v) is 13.2. The van der Waals surface area contributed by atoms with Crippen LogP contribution in [0, 0.1) is 0 Å². The number of hydrogen-bond acceptors (Lipinski definition) is 2. The number of benzene rings is 1. The van der Waals surface area contributed by atoms with Gasteiger partial charge >= 0.3 is 6.03 Å². The van der Waals surface area contributed by atoms with E-state index in [1.54, 1.807) is 12.3 Å². The second-order valence-electron chi connectivity index (χ2n) is 4.61. The maximum absolute atomic E-state index is 11.5. The summed E-state index contributed by atoms with van der Waals surface area (Å²) >= 11 is 5.87. The van der Waals surface area contributed by atoms with Gasteiger partial charge in [-0.1, -0.05) is 37.1 Å². The third kappa shape index (κ3) is 9.10. The average Bonchev–Trinajstić information content (AvgIpc) is 2.46. The molecule has 1 aromatic carbocycles. The fourth-order valence-electron chi connectivity index (χ4n) is 1.60. The Hall–Kier alpha value is -1.52. The first-order valence-corrected chi connectivity index (χ1v) is 7.64. The van der Waals surface area contributed by atoms with E-state index in [4.69, 9.17) is 16.3 Å². The molecule has 0 aromatic heterocycles. The van der Waals surface area contributed by atoms with Crippen molar-refractivity contribution in [2.24, 2.45) is 0 Å². The molecule has 0 unspecified atom stereocenters. The standard InChI is InChI=1S/C16H23ClN2O2/c1-2-3-11-21-12-5-9-18-16(20)19-10-8-14-6-4-7-15(17)13-14/h4,6-8,10,13H,2-3,5,9,11-12H2,1H3,(H2,18,19,20)/b10-8+. The van der Waals surface area contributed by atoms with Crippen molar-refractivity contribution in [1.29, 1.82) is 0 Å². The Bertz CT molecular complexity index is 450. The van der Waals surface area contributed by atoms with E-state index in [9.17, 15) is 4.79 Å². The third-order valence-corrected chi connectivity index (χ3v) is 2.97. The van der Waals surface area contributed by atoms with E-state index in [1.807, 2.05) is 24.3 Å². The van der Waals surface area contributed by atoms with Gasteiger partial charge in [0, 0.05) is 31.0 Å². The van der Waals surface area contributed by atoms with Crippen LogP contribution in [0.1, 0.15) is 31.7 Å². The number of unbranched alkanes of at least 4 members (excludes halogenated alkanes) is 1.